The Balaban J connectivity index is 1.96. The van der Waals surface area contributed by atoms with E-state index >= 15 is 0 Å². The summed E-state index contributed by atoms with van der Waals surface area (Å²) in [6.07, 6.45) is 1.62. The van der Waals surface area contributed by atoms with Gasteiger partial charge in [0.2, 0.25) is 0 Å². The van der Waals surface area contributed by atoms with Gasteiger partial charge in [-0.15, -0.1) is 0 Å². The first-order valence-corrected chi connectivity index (χ1v) is 9.84. The van der Waals surface area contributed by atoms with Crippen LogP contribution in [-0.2, 0) is 20.8 Å². The molecular formula is C20H28BNO6. The van der Waals surface area contributed by atoms with Crippen LogP contribution in [0.4, 0.5) is 0 Å². The van der Waals surface area contributed by atoms with Crippen LogP contribution in [0.3, 0.4) is 0 Å². The minimum absolute atomic E-state index is 0.210. The highest BCUT2D eigenvalue weighted by Gasteiger charge is 2.37. The maximum Gasteiger partial charge on any atom is 0.492 e. The molecule has 1 atom stereocenters. The number of carbonyl (C=O) groups is 2. The number of nitrogens with zero attached hydrogens (tertiary/aromatic N) is 1. The average molecular weight is 389 g/mol. The number of rotatable bonds is 6. The van der Waals surface area contributed by atoms with E-state index in [9.17, 15) is 19.7 Å². The summed E-state index contributed by atoms with van der Waals surface area (Å²) in [4.78, 5) is 27.0. The van der Waals surface area contributed by atoms with E-state index < -0.39 is 19.1 Å². The van der Waals surface area contributed by atoms with Crippen LogP contribution in [0, 0.1) is 18.8 Å². The highest BCUT2D eigenvalue weighted by Crippen LogP contribution is 2.24. The van der Waals surface area contributed by atoms with Crippen LogP contribution < -0.4 is 5.46 Å². The van der Waals surface area contributed by atoms with Gasteiger partial charge in [0.05, 0.1) is 6.61 Å². The summed E-state index contributed by atoms with van der Waals surface area (Å²) >= 11 is 0. The van der Waals surface area contributed by atoms with Gasteiger partial charge in [-0.3, -0.25) is 4.79 Å². The van der Waals surface area contributed by atoms with Crippen LogP contribution >= 0.6 is 0 Å². The first-order chi connectivity index (χ1) is 13.3. The summed E-state index contributed by atoms with van der Waals surface area (Å²) in [5.41, 5.74) is 2.55. The van der Waals surface area contributed by atoms with Crippen LogP contribution in [0.5, 0.6) is 0 Å². The van der Waals surface area contributed by atoms with E-state index in [0.717, 1.165) is 18.4 Å². The third kappa shape index (κ3) is 4.09. The molecule has 1 fully saturated rings. The van der Waals surface area contributed by atoms with Gasteiger partial charge in [-0.25, -0.2) is 4.79 Å². The number of carboxylic acid groups (broad SMARTS) is 1. The quantitative estimate of drug-likeness (QED) is 0.710. The number of ether oxygens (including phenoxy) is 1. The molecule has 0 aliphatic carbocycles. The predicted octanol–water partition coefficient (Wildman–Crippen LogP) is 1.19. The number of fused-ring (bicyclic) bond motifs is 1. The average Bonchev–Trinajstić information content (AvgIpc) is 3.03. The summed E-state index contributed by atoms with van der Waals surface area (Å²) in [6.45, 7) is 7.36. The molecule has 1 aromatic rings. The zero-order valence-corrected chi connectivity index (χ0v) is 16.7. The Morgan fingerprint density at radius 1 is 1.29 bits per heavy atom. The fourth-order valence-electron chi connectivity index (χ4n) is 4.20. The molecule has 2 heterocycles. The van der Waals surface area contributed by atoms with Gasteiger partial charge in [0.1, 0.15) is 6.04 Å². The smallest absolute Gasteiger partial charge is 0.480 e. The molecule has 0 spiro atoms. The van der Waals surface area contributed by atoms with Crippen LogP contribution in [0.1, 0.15) is 48.2 Å². The van der Waals surface area contributed by atoms with Gasteiger partial charge in [-0.05, 0) is 54.3 Å². The van der Waals surface area contributed by atoms with E-state index in [2.05, 4.69) is 0 Å². The number of amides is 1. The second-order valence-corrected chi connectivity index (χ2v) is 8.01. The molecular weight excluding hydrogens is 361 g/mol. The predicted molar refractivity (Wildman–Crippen MR) is 104 cm³/mol. The molecule has 0 bridgehead atoms. The molecule has 152 valence electrons. The minimum atomic E-state index is -1.05. The van der Waals surface area contributed by atoms with Crippen LogP contribution in [-0.4, -0.2) is 59.8 Å². The number of carbonyl (C=O) groups excluding carboxylic acids is 1. The fraction of sp³-hybridized carbons (Fsp3) is 0.600. The Labute approximate surface area is 165 Å². The molecule has 0 aromatic heterocycles. The minimum Gasteiger partial charge on any atom is -0.480 e. The Hall–Kier alpha value is -1.90. The molecule has 2 aliphatic heterocycles. The maximum atomic E-state index is 13.5. The molecule has 0 saturated carbocycles. The Morgan fingerprint density at radius 3 is 2.57 bits per heavy atom. The van der Waals surface area contributed by atoms with Gasteiger partial charge in [-0.1, -0.05) is 19.9 Å². The van der Waals surface area contributed by atoms with E-state index in [1.807, 2.05) is 13.8 Å². The van der Waals surface area contributed by atoms with Crippen LogP contribution in [0.25, 0.3) is 0 Å². The Bertz CT molecular complexity index is 746. The maximum absolute atomic E-state index is 13.5. The summed E-state index contributed by atoms with van der Waals surface area (Å²) in [5, 5.41) is 19.9. The molecule has 8 heteroatoms. The lowest BCUT2D eigenvalue weighted by atomic mass is 9.75. The molecule has 1 saturated heterocycles. The first kappa shape index (κ1) is 20.8. The van der Waals surface area contributed by atoms with Crippen molar-refractivity contribution in [3.8, 4) is 0 Å². The van der Waals surface area contributed by atoms with Crippen LogP contribution in [0.15, 0.2) is 12.1 Å². The van der Waals surface area contributed by atoms with E-state index in [4.69, 9.17) is 9.39 Å². The second kappa shape index (κ2) is 8.63. The van der Waals surface area contributed by atoms with E-state index in [1.54, 1.807) is 19.1 Å². The lowest BCUT2D eigenvalue weighted by Gasteiger charge is -2.36. The normalized spacial score (nSPS) is 18.2. The van der Waals surface area contributed by atoms with Crippen molar-refractivity contribution < 1.29 is 29.1 Å². The van der Waals surface area contributed by atoms with Crippen molar-refractivity contribution in [3.05, 3.63) is 28.8 Å². The Morgan fingerprint density at radius 2 is 1.96 bits per heavy atom. The lowest BCUT2D eigenvalue weighted by molar-refractivity contribution is -0.144. The summed E-state index contributed by atoms with van der Waals surface area (Å²) in [5.74, 6) is -1.34. The fourth-order valence-corrected chi connectivity index (χ4v) is 4.20. The lowest BCUT2D eigenvalue weighted by Crippen LogP contribution is -2.51. The SMILES string of the molecule is Cc1c(C(=O)N(CC2CCOCC2)[C@H](C(=O)O)C(C)C)ccc2c1B(O)OC2. The third-order valence-corrected chi connectivity index (χ3v) is 5.76. The van der Waals surface area contributed by atoms with Gasteiger partial charge in [0.15, 0.2) is 0 Å². The molecule has 1 amide bonds. The molecule has 3 rings (SSSR count). The van der Waals surface area contributed by atoms with Crippen molar-refractivity contribution in [3.63, 3.8) is 0 Å². The topological polar surface area (TPSA) is 96.3 Å². The molecule has 2 aliphatic rings. The molecule has 7 nitrogen and oxygen atoms in total. The van der Waals surface area contributed by atoms with Crippen molar-refractivity contribution in [2.45, 2.75) is 46.3 Å². The summed E-state index contributed by atoms with van der Waals surface area (Å²) in [6, 6.07) is 2.58. The van der Waals surface area contributed by atoms with Gasteiger partial charge >= 0.3 is 13.1 Å². The highest BCUT2D eigenvalue weighted by atomic mass is 16.5. The number of aliphatic carboxylic acids is 1. The van der Waals surface area contributed by atoms with Crippen molar-refractivity contribution in [1.82, 2.24) is 4.90 Å². The second-order valence-electron chi connectivity index (χ2n) is 8.01. The van der Waals surface area contributed by atoms with Crippen molar-refractivity contribution in [2.75, 3.05) is 19.8 Å². The van der Waals surface area contributed by atoms with Crippen LogP contribution in [0.2, 0.25) is 0 Å². The summed E-state index contributed by atoms with van der Waals surface area (Å²) in [7, 11) is -1.05. The molecule has 1 aromatic carbocycles. The molecule has 0 unspecified atom stereocenters. The molecule has 0 radical (unpaired) electrons. The van der Waals surface area contributed by atoms with Crippen molar-refractivity contribution >= 4 is 24.5 Å². The van der Waals surface area contributed by atoms with E-state index in [1.165, 1.54) is 4.90 Å². The van der Waals surface area contributed by atoms with E-state index in [0.29, 0.717) is 43.0 Å². The zero-order chi connectivity index (χ0) is 20.4. The first-order valence-electron chi connectivity index (χ1n) is 9.84. The number of hydrogen-bond acceptors (Lipinski definition) is 5. The van der Waals surface area contributed by atoms with Gasteiger partial charge < -0.3 is 24.4 Å². The molecule has 28 heavy (non-hydrogen) atoms. The van der Waals surface area contributed by atoms with Gasteiger partial charge in [-0.2, -0.15) is 0 Å². The summed E-state index contributed by atoms with van der Waals surface area (Å²) < 4.78 is 10.7. The third-order valence-electron chi connectivity index (χ3n) is 5.76. The van der Waals surface area contributed by atoms with Gasteiger partial charge in [0.25, 0.3) is 5.91 Å². The zero-order valence-electron chi connectivity index (χ0n) is 16.7. The number of benzene rings is 1. The van der Waals surface area contributed by atoms with Crippen molar-refractivity contribution in [1.29, 1.82) is 0 Å². The highest BCUT2D eigenvalue weighted by molar-refractivity contribution is 6.62. The van der Waals surface area contributed by atoms with E-state index in [-0.39, 0.29) is 17.7 Å². The van der Waals surface area contributed by atoms with Crippen molar-refractivity contribution in [2.24, 2.45) is 11.8 Å². The monoisotopic (exact) mass is 389 g/mol. The molecule has 2 N–H and O–H groups in total. The standard InChI is InChI=1S/C20H28BNO6/c1-12(2)18(20(24)25)22(10-14-6-8-27-9-7-14)19(23)16-5-4-15-11-28-21(26)17(15)13(16)3/h4-5,12,14,18,26H,6-11H2,1-3H3,(H,24,25)/t18-/m0/s1. The Kier molecular flexibility index (Phi) is 6.42. The number of hydrogen-bond donors (Lipinski definition) is 2. The largest absolute Gasteiger partial charge is 0.492 e. The number of carboxylic acids is 1. The van der Waals surface area contributed by atoms with Gasteiger partial charge in [0, 0.05) is 25.3 Å².